The number of benzene rings is 5. The molecule has 0 bridgehead atoms. The molecule has 1 atom stereocenters. The lowest BCUT2D eigenvalue weighted by molar-refractivity contribution is -0.401. The Labute approximate surface area is 474 Å². The Morgan fingerprint density at radius 1 is 0.753 bits per heavy atom. The fourth-order valence-corrected chi connectivity index (χ4v) is 11.9. The van der Waals surface area contributed by atoms with Gasteiger partial charge in [0.15, 0.2) is 17.5 Å². The molecule has 6 N–H and O–H groups in total. The molecule has 0 spiro atoms. The van der Waals surface area contributed by atoms with Gasteiger partial charge in [0, 0.05) is 59.7 Å². The minimum atomic E-state index is -4.30. The first-order chi connectivity index (χ1) is 39.1. The quantitative estimate of drug-likeness (QED) is 0.00772. The van der Waals surface area contributed by atoms with Crippen LogP contribution in [0.15, 0.2) is 176 Å². The molecule has 2 aliphatic rings. The third kappa shape index (κ3) is 15.5. The number of carbonyl (C=O) groups excluding carboxylic acids is 2. The van der Waals surface area contributed by atoms with Crippen LogP contribution in [0.1, 0.15) is 81.5 Å². The molecule has 6 aromatic rings. The summed E-state index contributed by atoms with van der Waals surface area (Å²) in [5, 5.41) is 24.3. The Kier molecular flexibility index (Phi) is 20.1. The monoisotopic (exact) mass is 1120 g/mol. The number of para-hydroxylation sites is 4. The van der Waals surface area contributed by atoms with E-state index >= 15 is 0 Å². The number of fused-ring (bicyclic) bond motifs is 2. The number of nitrogens with one attached hydrogen (secondary N) is 4. The number of aromatic nitrogens is 3. The van der Waals surface area contributed by atoms with Gasteiger partial charge in [-0.3, -0.25) is 14.9 Å². The third-order valence-electron chi connectivity index (χ3n) is 14.1. The van der Waals surface area contributed by atoms with Gasteiger partial charge < -0.3 is 49.8 Å². The van der Waals surface area contributed by atoms with Crippen LogP contribution in [0.25, 0.3) is 0 Å². The first-order valence-electron chi connectivity index (χ1n) is 27.3. The molecule has 8 rings (SSSR count). The van der Waals surface area contributed by atoms with Crippen LogP contribution in [0.5, 0.6) is 11.5 Å². The number of nitrogens with two attached hydrogens (primary N) is 1. The first-order valence-corrected chi connectivity index (χ1v) is 28.9. The fourth-order valence-electron chi connectivity index (χ4n) is 10.1. The number of nitrogens with zero attached hydrogens (tertiary/aromatic N) is 5. The SMILES string of the molecule is C[N+]1=C(/C=C/C=C/C=C2/N(CCCCCC(=O)NCCn3cc(COCCOCCOC(=O)NC(c4ccc(NC(=N)N)cc4)P(=O)(Oc4ccccc4)Oc4ccccc4)nn3)c3ccccc3C2(C)C)C(C)(C)c2ccccc21. The van der Waals surface area contributed by atoms with Gasteiger partial charge in [0.1, 0.15) is 30.8 Å². The van der Waals surface area contributed by atoms with Gasteiger partial charge in [-0.2, -0.15) is 4.58 Å². The number of alkyl carbamates (subject to hydrolysis) is 1. The standard InChI is InChI=1S/C62H73N10O8P/c1-61(2)51-26-17-19-28-53(51)70(5)55(61)30-14-8-15-31-56-62(3,4)52-27-18-20-29-54(52)72(56)38-21-9-16-32-57(73)65-37-39-71-44-48(68-69-71)45-77-41-40-76-42-43-78-60(74)67-58(46-33-35-47(36-34-46)66-59(63)64)81(75,79-49-22-10-6-11-23-49)80-50-24-12-7-13-25-50/h6-8,10-15,17-20,22-31,33-36,44,58H,9,16,21,32,37-43,45H2,1-5H3,(H5-,63,64,65,66,67,73,74)/p+1. The Balaban J connectivity index is 0.716. The number of ether oxygens (including phenoxy) is 3. The van der Waals surface area contributed by atoms with Gasteiger partial charge in [-0.25, -0.2) is 9.36 Å². The van der Waals surface area contributed by atoms with Gasteiger partial charge in [0.25, 0.3) is 0 Å². The van der Waals surface area contributed by atoms with Crippen LogP contribution in [-0.2, 0) is 47.6 Å². The van der Waals surface area contributed by atoms with E-state index in [-0.39, 0.29) is 67.2 Å². The van der Waals surface area contributed by atoms with Crippen molar-refractivity contribution in [2.24, 2.45) is 5.73 Å². The van der Waals surface area contributed by atoms with Crippen LogP contribution >= 0.6 is 7.60 Å². The average molecular weight is 1120 g/mol. The van der Waals surface area contributed by atoms with Crippen LogP contribution in [0.2, 0.25) is 0 Å². The molecule has 0 fully saturated rings. The summed E-state index contributed by atoms with van der Waals surface area (Å²) >= 11 is 0. The molecule has 2 amide bonds. The van der Waals surface area contributed by atoms with Crippen molar-refractivity contribution in [3.63, 3.8) is 0 Å². The predicted molar refractivity (Wildman–Crippen MR) is 316 cm³/mol. The molecule has 19 heteroatoms. The first kappa shape index (κ1) is 58.8. The van der Waals surface area contributed by atoms with Crippen molar-refractivity contribution >= 4 is 48.3 Å². The van der Waals surface area contributed by atoms with Crippen LogP contribution in [-0.4, -0.2) is 89.8 Å². The molecule has 81 heavy (non-hydrogen) atoms. The topological polar surface area (TPSA) is 220 Å². The lowest BCUT2D eigenvalue weighted by Crippen LogP contribution is -2.32. The maximum atomic E-state index is 14.8. The highest BCUT2D eigenvalue weighted by Gasteiger charge is 2.44. The Hall–Kier alpha value is -8.31. The maximum Gasteiger partial charge on any atom is 0.457 e. The normalized spacial score (nSPS) is 15.2. The van der Waals surface area contributed by atoms with E-state index < -0.39 is 19.5 Å². The number of unbranched alkanes of at least 4 members (excludes halogenated alkanes) is 2. The van der Waals surface area contributed by atoms with Gasteiger partial charge in [-0.15, -0.1) is 5.10 Å². The number of anilines is 2. The summed E-state index contributed by atoms with van der Waals surface area (Å²) in [5.74, 6) is -1.07. The van der Waals surface area contributed by atoms with Crippen molar-refractivity contribution in [2.45, 2.75) is 83.1 Å². The zero-order chi connectivity index (χ0) is 57.2. The summed E-state index contributed by atoms with van der Waals surface area (Å²) in [5.41, 5.74) is 14.5. The Morgan fingerprint density at radius 2 is 1.41 bits per heavy atom. The van der Waals surface area contributed by atoms with E-state index in [0.29, 0.717) is 36.5 Å². The van der Waals surface area contributed by atoms with E-state index in [4.69, 9.17) is 34.4 Å². The highest BCUT2D eigenvalue weighted by atomic mass is 31.2. The molecule has 1 aromatic heterocycles. The molecule has 0 saturated heterocycles. The molecular weight excluding hydrogens is 1040 g/mol. The minimum Gasteiger partial charge on any atom is -0.447 e. The summed E-state index contributed by atoms with van der Waals surface area (Å²) in [6.07, 6.45) is 14.9. The molecule has 3 heterocycles. The fraction of sp³-hybridized carbons (Fsp3) is 0.323. The minimum absolute atomic E-state index is 0.00803. The van der Waals surface area contributed by atoms with Gasteiger partial charge in [0.05, 0.1) is 44.6 Å². The largest absolute Gasteiger partial charge is 0.457 e. The second kappa shape index (κ2) is 27.7. The number of carbonyl (C=O) groups is 2. The van der Waals surface area contributed by atoms with E-state index in [1.54, 1.807) is 95.8 Å². The summed E-state index contributed by atoms with van der Waals surface area (Å²) in [4.78, 5) is 28.6. The van der Waals surface area contributed by atoms with E-state index in [2.05, 4.69) is 149 Å². The maximum absolute atomic E-state index is 14.8. The van der Waals surface area contributed by atoms with Crippen LogP contribution in [0, 0.1) is 5.41 Å². The lowest BCUT2D eigenvalue weighted by atomic mass is 9.81. The van der Waals surface area contributed by atoms with Crippen molar-refractivity contribution in [1.29, 1.82) is 5.41 Å². The molecule has 0 aliphatic carbocycles. The lowest BCUT2D eigenvalue weighted by Gasteiger charge is -2.28. The van der Waals surface area contributed by atoms with E-state index in [1.165, 1.54) is 33.9 Å². The van der Waals surface area contributed by atoms with Crippen molar-refractivity contribution in [1.82, 2.24) is 25.6 Å². The predicted octanol–water partition coefficient (Wildman–Crippen LogP) is 11.1. The number of guanidine groups is 1. The molecule has 424 valence electrons. The van der Waals surface area contributed by atoms with Gasteiger partial charge in [-0.1, -0.05) is 129 Å². The molecule has 2 aliphatic heterocycles. The van der Waals surface area contributed by atoms with Crippen LogP contribution < -0.4 is 35.6 Å². The summed E-state index contributed by atoms with van der Waals surface area (Å²) in [6.45, 7) is 11.5. The zero-order valence-electron chi connectivity index (χ0n) is 46.8. The number of hydrogen-bond donors (Lipinski definition) is 5. The number of allylic oxidation sites excluding steroid dienone is 6. The van der Waals surface area contributed by atoms with Crippen LogP contribution in [0.3, 0.4) is 0 Å². The molecule has 0 saturated carbocycles. The smallest absolute Gasteiger partial charge is 0.447 e. The van der Waals surface area contributed by atoms with E-state index in [1.807, 2.05) is 0 Å². The number of hydrogen-bond acceptors (Lipinski definition) is 12. The van der Waals surface area contributed by atoms with Crippen molar-refractivity contribution in [2.75, 3.05) is 56.8 Å². The summed E-state index contributed by atoms with van der Waals surface area (Å²) in [6, 6.07) is 40.7. The van der Waals surface area contributed by atoms with Crippen molar-refractivity contribution in [3.05, 3.63) is 198 Å². The highest BCUT2D eigenvalue weighted by Crippen LogP contribution is 2.59. The second-order valence-electron chi connectivity index (χ2n) is 20.7. The van der Waals surface area contributed by atoms with Crippen molar-refractivity contribution in [3.8, 4) is 11.5 Å². The van der Waals surface area contributed by atoms with E-state index in [9.17, 15) is 14.2 Å². The van der Waals surface area contributed by atoms with Gasteiger partial charge in [0.2, 0.25) is 11.6 Å². The van der Waals surface area contributed by atoms with Gasteiger partial charge in [-0.05, 0) is 86.4 Å². The Bertz CT molecular complexity index is 3220. The summed E-state index contributed by atoms with van der Waals surface area (Å²) < 4.78 is 47.7. The zero-order valence-corrected chi connectivity index (χ0v) is 47.6. The molecular formula is C62H74N10O8P+. The van der Waals surface area contributed by atoms with Gasteiger partial charge >= 0.3 is 13.7 Å². The van der Waals surface area contributed by atoms with E-state index in [0.717, 1.165) is 25.8 Å². The molecule has 18 nitrogen and oxygen atoms in total. The highest BCUT2D eigenvalue weighted by molar-refractivity contribution is 7.55. The Morgan fingerprint density at radius 3 is 2.11 bits per heavy atom. The molecule has 0 radical (unpaired) electrons. The average Bonchev–Trinajstić information content (AvgIpc) is 3.52. The van der Waals surface area contributed by atoms with Crippen LogP contribution in [0.4, 0.5) is 21.9 Å². The molecule has 1 unspecified atom stereocenters. The number of rotatable bonds is 28. The molecule has 5 aromatic carbocycles. The number of amides is 2. The second-order valence-corrected chi connectivity index (χ2v) is 22.6. The summed E-state index contributed by atoms with van der Waals surface area (Å²) in [7, 11) is -2.15. The van der Waals surface area contributed by atoms with Crippen molar-refractivity contribution < 1.29 is 42.0 Å². The third-order valence-corrected chi connectivity index (χ3v) is 16.1.